The van der Waals surface area contributed by atoms with Crippen LogP contribution in [0.15, 0.2) is 18.2 Å². The van der Waals surface area contributed by atoms with Gasteiger partial charge >= 0.3 is 0 Å². The van der Waals surface area contributed by atoms with Gasteiger partial charge in [-0.2, -0.15) is 0 Å². The molecular formula is C14H14ClFN2S. The van der Waals surface area contributed by atoms with E-state index in [1.165, 1.54) is 35.5 Å². The molecule has 0 amide bonds. The van der Waals surface area contributed by atoms with Gasteiger partial charge in [-0.05, 0) is 30.5 Å². The highest BCUT2D eigenvalue weighted by Gasteiger charge is 2.29. The summed E-state index contributed by atoms with van der Waals surface area (Å²) in [4.78, 5) is 5.86. The molecule has 2 N–H and O–H groups in total. The minimum Gasteiger partial charge on any atom is -0.326 e. The minimum atomic E-state index is -0.311. The van der Waals surface area contributed by atoms with Crippen molar-refractivity contribution < 1.29 is 4.39 Å². The van der Waals surface area contributed by atoms with E-state index in [0.717, 1.165) is 10.6 Å². The zero-order chi connectivity index (χ0) is 13.4. The number of hydrogen-bond acceptors (Lipinski definition) is 3. The molecule has 0 aliphatic heterocycles. The highest BCUT2D eigenvalue weighted by atomic mass is 35.5. The predicted molar refractivity (Wildman–Crippen MR) is 76.2 cm³/mol. The number of thiazole rings is 1. The molecule has 1 fully saturated rings. The van der Waals surface area contributed by atoms with Crippen LogP contribution in [-0.2, 0) is 13.0 Å². The first-order chi connectivity index (χ1) is 9.17. The summed E-state index contributed by atoms with van der Waals surface area (Å²) in [6.07, 6.45) is 3.07. The van der Waals surface area contributed by atoms with E-state index < -0.39 is 0 Å². The van der Waals surface area contributed by atoms with Crippen molar-refractivity contribution in [1.82, 2.24) is 4.98 Å². The molecule has 2 aromatic rings. The van der Waals surface area contributed by atoms with Crippen LogP contribution in [0.3, 0.4) is 0 Å². The zero-order valence-electron chi connectivity index (χ0n) is 10.3. The Morgan fingerprint density at radius 2 is 2.21 bits per heavy atom. The van der Waals surface area contributed by atoms with Gasteiger partial charge in [0.05, 0.1) is 10.7 Å². The quantitative estimate of drug-likeness (QED) is 0.930. The molecule has 0 radical (unpaired) electrons. The van der Waals surface area contributed by atoms with Gasteiger partial charge in [0.25, 0.3) is 0 Å². The fourth-order valence-corrected chi connectivity index (χ4v) is 3.43. The molecule has 2 nitrogen and oxygen atoms in total. The summed E-state index contributed by atoms with van der Waals surface area (Å²) in [6, 6.07) is 4.49. The third-order valence-corrected chi connectivity index (χ3v) is 4.72. The standard InChI is InChI=1S/C14H14ClFN2S/c15-11-6-10(16)4-3-9(11)5-13-18-14(8-1-2-8)12(7-17)19-13/h3-4,6,8H,1-2,5,7,17H2. The van der Waals surface area contributed by atoms with E-state index in [0.29, 0.717) is 23.9 Å². The van der Waals surface area contributed by atoms with Crippen molar-refractivity contribution in [2.45, 2.75) is 31.7 Å². The molecule has 0 unspecified atom stereocenters. The van der Waals surface area contributed by atoms with Gasteiger partial charge in [0.2, 0.25) is 0 Å². The fourth-order valence-electron chi connectivity index (χ4n) is 2.14. The first-order valence-electron chi connectivity index (χ1n) is 6.30. The summed E-state index contributed by atoms with van der Waals surface area (Å²) >= 11 is 7.69. The maximum Gasteiger partial charge on any atom is 0.124 e. The Balaban J connectivity index is 1.86. The van der Waals surface area contributed by atoms with Gasteiger partial charge in [-0.1, -0.05) is 17.7 Å². The van der Waals surface area contributed by atoms with Crippen LogP contribution in [0.1, 0.15) is 39.9 Å². The molecule has 100 valence electrons. The highest BCUT2D eigenvalue weighted by molar-refractivity contribution is 7.11. The smallest absolute Gasteiger partial charge is 0.124 e. The summed E-state index contributed by atoms with van der Waals surface area (Å²) in [5, 5.41) is 1.47. The number of aromatic nitrogens is 1. The topological polar surface area (TPSA) is 38.9 Å². The zero-order valence-corrected chi connectivity index (χ0v) is 11.9. The summed E-state index contributed by atoms with van der Waals surface area (Å²) in [5.41, 5.74) is 7.84. The Hall–Kier alpha value is -0.970. The van der Waals surface area contributed by atoms with E-state index in [4.69, 9.17) is 17.3 Å². The molecule has 1 aliphatic carbocycles. The predicted octanol–water partition coefficient (Wildman–Crippen LogP) is 3.86. The van der Waals surface area contributed by atoms with E-state index in [1.54, 1.807) is 17.4 Å². The maximum atomic E-state index is 13.0. The number of hydrogen-bond donors (Lipinski definition) is 1. The summed E-state index contributed by atoms with van der Waals surface area (Å²) in [6.45, 7) is 0.542. The first kappa shape index (κ1) is 13.0. The molecule has 0 saturated heterocycles. The van der Waals surface area contributed by atoms with Crippen LogP contribution in [0.25, 0.3) is 0 Å². The van der Waals surface area contributed by atoms with E-state index in [9.17, 15) is 4.39 Å². The molecule has 3 rings (SSSR count). The molecule has 1 aromatic carbocycles. The molecule has 19 heavy (non-hydrogen) atoms. The molecule has 0 atom stereocenters. The van der Waals surface area contributed by atoms with E-state index in [1.807, 2.05) is 0 Å². The molecule has 1 aromatic heterocycles. The van der Waals surface area contributed by atoms with Crippen LogP contribution in [0.5, 0.6) is 0 Å². The third-order valence-electron chi connectivity index (χ3n) is 3.28. The second-order valence-corrected chi connectivity index (χ2v) is 6.38. The molecule has 0 spiro atoms. The van der Waals surface area contributed by atoms with Gasteiger partial charge in [-0.15, -0.1) is 11.3 Å². The van der Waals surface area contributed by atoms with Gasteiger partial charge in [0.15, 0.2) is 0 Å². The van der Waals surface area contributed by atoms with Crippen LogP contribution < -0.4 is 5.73 Å². The van der Waals surface area contributed by atoms with Crippen LogP contribution in [0.2, 0.25) is 5.02 Å². The highest BCUT2D eigenvalue weighted by Crippen LogP contribution is 2.42. The lowest BCUT2D eigenvalue weighted by Gasteiger charge is -2.01. The van der Waals surface area contributed by atoms with E-state index in [-0.39, 0.29) is 5.82 Å². The lowest BCUT2D eigenvalue weighted by Crippen LogP contribution is -1.97. The minimum absolute atomic E-state index is 0.311. The van der Waals surface area contributed by atoms with Crippen molar-refractivity contribution in [3.8, 4) is 0 Å². The molecule has 5 heteroatoms. The number of halogens is 2. The van der Waals surface area contributed by atoms with Crippen molar-refractivity contribution >= 4 is 22.9 Å². The Bertz CT molecular complexity index is 607. The Morgan fingerprint density at radius 1 is 1.42 bits per heavy atom. The fraction of sp³-hybridized carbons (Fsp3) is 0.357. The monoisotopic (exact) mass is 296 g/mol. The normalized spacial score (nSPS) is 14.9. The van der Waals surface area contributed by atoms with Crippen molar-refractivity contribution in [2.75, 3.05) is 0 Å². The average Bonchev–Trinajstić information content (AvgIpc) is 3.14. The summed E-state index contributed by atoms with van der Waals surface area (Å²) in [7, 11) is 0. The molecular weight excluding hydrogens is 283 g/mol. The van der Waals surface area contributed by atoms with Gasteiger partial charge in [-0.3, -0.25) is 0 Å². The maximum absolute atomic E-state index is 13.0. The lowest BCUT2D eigenvalue weighted by atomic mass is 10.1. The van der Waals surface area contributed by atoms with E-state index >= 15 is 0 Å². The van der Waals surface area contributed by atoms with Crippen molar-refractivity contribution in [3.63, 3.8) is 0 Å². The number of rotatable bonds is 4. The SMILES string of the molecule is NCc1sc(Cc2ccc(F)cc2Cl)nc1C1CC1. The molecule has 0 bridgehead atoms. The molecule has 1 aliphatic rings. The van der Waals surface area contributed by atoms with Crippen LogP contribution in [0.4, 0.5) is 4.39 Å². The molecule has 1 heterocycles. The third kappa shape index (κ3) is 2.81. The summed E-state index contributed by atoms with van der Waals surface area (Å²) in [5.74, 6) is 0.293. The van der Waals surface area contributed by atoms with Crippen molar-refractivity contribution in [2.24, 2.45) is 5.73 Å². The largest absolute Gasteiger partial charge is 0.326 e. The first-order valence-corrected chi connectivity index (χ1v) is 7.49. The number of benzene rings is 1. The van der Waals surface area contributed by atoms with Gasteiger partial charge < -0.3 is 5.73 Å². The van der Waals surface area contributed by atoms with Crippen LogP contribution in [0, 0.1) is 5.82 Å². The second kappa shape index (κ2) is 5.19. The number of nitrogens with two attached hydrogens (primary N) is 1. The molecule has 1 saturated carbocycles. The summed E-state index contributed by atoms with van der Waals surface area (Å²) < 4.78 is 13.0. The van der Waals surface area contributed by atoms with Crippen LogP contribution in [-0.4, -0.2) is 4.98 Å². The Morgan fingerprint density at radius 3 is 2.84 bits per heavy atom. The Labute approximate surface area is 120 Å². The van der Waals surface area contributed by atoms with Crippen molar-refractivity contribution in [3.05, 3.63) is 50.2 Å². The Kier molecular flexibility index (Phi) is 3.56. The lowest BCUT2D eigenvalue weighted by molar-refractivity contribution is 0.627. The van der Waals surface area contributed by atoms with E-state index in [2.05, 4.69) is 4.98 Å². The van der Waals surface area contributed by atoms with Gasteiger partial charge in [-0.25, -0.2) is 9.37 Å². The van der Waals surface area contributed by atoms with Gasteiger partial charge in [0.1, 0.15) is 5.82 Å². The van der Waals surface area contributed by atoms with Gasteiger partial charge in [0, 0.05) is 28.8 Å². The van der Waals surface area contributed by atoms with Crippen LogP contribution >= 0.6 is 22.9 Å². The number of nitrogens with zero attached hydrogens (tertiary/aromatic N) is 1. The average molecular weight is 297 g/mol. The second-order valence-electron chi connectivity index (χ2n) is 4.81. The van der Waals surface area contributed by atoms with Crippen molar-refractivity contribution in [1.29, 1.82) is 0 Å².